The summed E-state index contributed by atoms with van der Waals surface area (Å²) in [5.74, 6) is -0.805. The lowest BCUT2D eigenvalue weighted by molar-refractivity contribution is -0.160. The van der Waals surface area contributed by atoms with Gasteiger partial charge in [-0.3, -0.25) is 0 Å². The van der Waals surface area contributed by atoms with E-state index in [1.165, 1.54) is 0 Å². The van der Waals surface area contributed by atoms with Crippen molar-refractivity contribution in [3.63, 3.8) is 0 Å². The van der Waals surface area contributed by atoms with E-state index in [-0.39, 0.29) is 6.42 Å². The molecule has 0 fully saturated rings. The molecule has 0 aromatic heterocycles. The van der Waals surface area contributed by atoms with E-state index in [0.717, 1.165) is 5.56 Å². The Morgan fingerprint density at radius 1 is 1.31 bits per heavy atom. The summed E-state index contributed by atoms with van der Waals surface area (Å²) in [6.45, 7) is 5.79. The molecule has 16 heavy (non-hydrogen) atoms. The van der Waals surface area contributed by atoms with Gasteiger partial charge in [0.25, 0.3) is 0 Å². The number of carbonyl (C=O) groups is 1. The fourth-order valence-corrected chi connectivity index (χ4v) is 1.62. The van der Waals surface area contributed by atoms with Crippen molar-refractivity contribution in [2.24, 2.45) is 0 Å². The van der Waals surface area contributed by atoms with E-state index in [2.05, 4.69) is 13.8 Å². The fraction of sp³-hybridized carbons (Fsp3) is 0.462. The quantitative estimate of drug-likeness (QED) is 0.822. The van der Waals surface area contributed by atoms with Gasteiger partial charge in [0, 0.05) is 0 Å². The minimum Gasteiger partial charge on any atom is -0.479 e. The van der Waals surface area contributed by atoms with Gasteiger partial charge in [0.1, 0.15) is 0 Å². The average molecular weight is 222 g/mol. The van der Waals surface area contributed by atoms with E-state index in [1.54, 1.807) is 19.1 Å². The highest BCUT2D eigenvalue weighted by molar-refractivity contribution is 5.79. The number of hydrogen-bond acceptors (Lipinski definition) is 2. The van der Waals surface area contributed by atoms with Crippen LogP contribution in [-0.2, 0) is 10.4 Å². The molecule has 0 aliphatic rings. The normalized spacial score (nSPS) is 14.8. The summed E-state index contributed by atoms with van der Waals surface area (Å²) in [5.41, 5.74) is -0.199. The number of carboxylic acid groups (broad SMARTS) is 1. The molecule has 0 saturated carbocycles. The van der Waals surface area contributed by atoms with Crippen molar-refractivity contribution in [3.05, 3.63) is 35.4 Å². The summed E-state index contributed by atoms with van der Waals surface area (Å²) in [6, 6.07) is 7.10. The van der Waals surface area contributed by atoms with Crippen molar-refractivity contribution >= 4 is 5.97 Å². The first-order chi connectivity index (χ1) is 7.41. The van der Waals surface area contributed by atoms with Crippen LogP contribution in [0, 0.1) is 0 Å². The Kier molecular flexibility index (Phi) is 3.70. The van der Waals surface area contributed by atoms with Crippen molar-refractivity contribution in [1.82, 2.24) is 0 Å². The molecule has 0 aliphatic carbocycles. The maximum absolute atomic E-state index is 11.0. The van der Waals surface area contributed by atoms with E-state index in [4.69, 9.17) is 5.11 Å². The highest BCUT2D eigenvalue weighted by atomic mass is 16.4. The Labute approximate surface area is 95.7 Å². The molecule has 88 valence electrons. The minimum atomic E-state index is -1.77. The maximum Gasteiger partial charge on any atom is 0.340 e. The van der Waals surface area contributed by atoms with Crippen LogP contribution in [0.5, 0.6) is 0 Å². The monoisotopic (exact) mass is 222 g/mol. The van der Waals surface area contributed by atoms with Crippen molar-refractivity contribution in [1.29, 1.82) is 0 Å². The summed E-state index contributed by atoms with van der Waals surface area (Å²) < 4.78 is 0. The van der Waals surface area contributed by atoms with Crippen LogP contribution in [0.15, 0.2) is 24.3 Å². The molecule has 3 heteroatoms. The summed E-state index contributed by atoms with van der Waals surface area (Å²) >= 11 is 0. The van der Waals surface area contributed by atoms with Gasteiger partial charge in [-0.05, 0) is 23.5 Å². The first-order valence-corrected chi connectivity index (χ1v) is 5.48. The van der Waals surface area contributed by atoms with Crippen molar-refractivity contribution in [3.8, 4) is 0 Å². The Morgan fingerprint density at radius 3 is 2.12 bits per heavy atom. The first-order valence-electron chi connectivity index (χ1n) is 5.48. The van der Waals surface area contributed by atoms with Crippen LogP contribution >= 0.6 is 0 Å². The second kappa shape index (κ2) is 4.66. The molecule has 1 aromatic carbocycles. The third kappa shape index (κ3) is 2.25. The third-order valence-electron chi connectivity index (χ3n) is 2.92. The van der Waals surface area contributed by atoms with Crippen LogP contribution in [-0.4, -0.2) is 16.2 Å². The zero-order chi connectivity index (χ0) is 12.3. The van der Waals surface area contributed by atoms with Gasteiger partial charge in [0.05, 0.1) is 0 Å². The van der Waals surface area contributed by atoms with E-state index in [0.29, 0.717) is 11.5 Å². The molecule has 0 radical (unpaired) electrons. The Hall–Kier alpha value is -1.35. The Balaban J connectivity index is 3.09. The second-order valence-electron chi connectivity index (χ2n) is 4.30. The van der Waals surface area contributed by atoms with E-state index in [1.807, 2.05) is 12.1 Å². The highest BCUT2D eigenvalue weighted by Gasteiger charge is 2.35. The fourth-order valence-electron chi connectivity index (χ4n) is 1.62. The predicted octanol–water partition coefficient (Wildman–Crippen LogP) is 2.49. The predicted molar refractivity (Wildman–Crippen MR) is 62.4 cm³/mol. The molecule has 0 unspecified atom stereocenters. The van der Waals surface area contributed by atoms with Gasteiger partial charge in [-0.1, -0.05) is 45.0 Å². The number of carboxylic acids is 1. The summed E-state index contributed by atoms with van der Waals surface area (Å²) in [6.07, 6.45) is 0.156. The molecule has 0 amide bonds. The van der Waals surface area contributed by atoms with E-state index >= 15 is 0 Å². The molecule has 0 aliphatic heterocycles. The molecule has 0 spiro atoms. The molecule has 0 heterocycles. The Morgan fingerprint density at radius 2 is 1.81 bits per heavy atom. The first kappa shape index (κ1) is 12.7. The van der Waals surface area contributed by atoms with Crippen molar-refractivity contribution in [2.45, 2.75) is 38.7 Å². The molecule has 0 saturated heterocycles. The van der Waals surface area contributed by atoms with Crippen molar-refractivity contribution < 1.29 is 15.0 Å². The average Bonchev–Trinajstić information content (AvgIpc) is 2.27. The van der Waals surface area contributed by atoms with Gasteiger partial charge in [-0.25, -0.2) is 4.79 Å². The van der Waals surface area contributed by atoms with Crippen LogP contribution in [0.25, 0.3) is 0 Å². The molecule has 0 bridgehead atoms. The molecule has 3 nitrogen and oxygen atoms in total. The number of aliphatic hydroxyl groups is 1. The van der Waals surface area contributed by atoms with Gasteiger partial charge in [0.15, 0.2) is 5.60 Å². The topological polar surface area (TPSA) is 57.5 Å². The van der Waals surface area contributed by atoms with E-state index < -0.39 is 11.6 Å². The lowest BCUT2D eigenvalue weighted by Gasteiger charge is -2.22. The Bertz CT molecular complexity index is 367. The SMILES string of the molecule is CC[C@](O)(C(=O)O)c1ccc(C(C)C)cc1. The van der Waals surface area contributed by atoms with Crippen molar-refractivity contribution in [2.75, 3.05) is 0 Å². The molecule has 1 aromatic rings. The summed E-state index contributed by atoms with van der Waals surface area (Å²) in [7, 11) is 0. The molecule has 1 rings (SSSR count). The largest absolute Gasteiger partial charge is 0.479 e. The smallest absolute Gasteiger partial charge is 0.340 e. The standard InChI is InChI=1S/C13H18O3/c1-4-13(16,12(14)15)11-7-5-10(6-8-11)9(2)3/h5-9,16H,4H2,1-3H3,(H,14,15)/t13-/m1/s1. The van der Waals surface area contributed by atoms with Gasteiger partial charge in [0.2, 0.25) is 0 Å². The van der Waals surface area contributed by atoms with Gasteiger partial charge < -0.3 is 10.2 Å². The maximum atomic E-state index is 11.0. The van der Waals surface area contributed by atoms with E-state index in [9.17, 15) is 9.90 Å². The minimum absolute atomic E-state index is 0.156. The second-order valence-corrected chi connectivity index (χ2v) is 4.30. The molecule has 2 N–H and O–H groups in total. The van der Waals surface area contributed by atoms with Gasteiger partial charge in [-0.2, -0.15) is 0 Å². The summed E-state index contributed by atoms with van der Waals surface area (Å²) in [5, 5.41) is 19.0. The molecular formula is C13H18O3. The molecule has 1 atom stereocenters. The lowest BCUT2D eigenvalue weighted by Crippen LogP contribution is -2.34. The molecular weight excluding hydrogens is 204 g/mol. The van der Waals surface area contributed by atoms with Crippen LogP contribution in [0.1, 0.15) is 44.2 Å². The zero-order valence-corrected chi connectivity index (χ0v) is 9.90. The van der Waals surface area contributed by atoms with Gasteiger partial charge in [-0.15, -0.1) is 0 Å². The number of benzene rings is 1. The van der Waals surface area contributed by atoms with Crippen LogP contribution < -0.4 is 0 Å². The number of hydrogen-bond donors (Lipinski definition) is 2. The third-order valence-corrected chi connectivity index (χ3v) is 2.92. The van der Waals surface area contributed by atoms with Crippen LogP contribution in [0.3, 0.4) is 0 Å². The summed E-state index contributed by atoms with van der Waals surface area (Å²) in [4.78, 5) is 11.0. The van der Waals surface area contributed by atoms with Crippen LogP contribution in [0.4, 0.5) is 0 Å². The lowest BCUT2D eigenvalue weighted by atomic mass is 9.89. The highest BCUT2D eigenvalue weighted by Crippen LogP contribution is 2.26. The number of rotatable bonds is 4. The number of aliphatic carboxylic acids is 1. The van der Waals surface area contributed by atoms with Crippen LogP contribution in [0.2, 0.25) is 0 Å². The van der Waals surface area contributed by atoms with Gasteiger partial charge >= 0.3 is 5.97 Å². The zero-order valence-electron chi connectivity index (χ0n) is 9.90.